The number of aryl methyl sites for hydroxylation is 1. The Labute approximate surface area is 144 Å². The third-order valence-electron chi connectivity index (χ3n) is 3.44. The standard InChI is InChI=1S/C16H12F3N3O2S/c1-8-10(4-6-13(20-8)16(17,18)19)14(23)22-15-21-11-5-3-9(24-2)7-12(11)25-15/h3-7H,1-2H3,(H,21,22,23). The molecule has 0 spiro atoms. The highest BCUT2D eigenvalue weighted by atomic mass is 32.1. The summed E-state index contributed by atoms with van der Waals surface area (Å²) in [5.41, 5.74) is -0.294. The molecule has 130 valence electrons. The number of fused-ring (bicyclic) bond motifs is 1. The number of hydrogen-bond acceptors (Lipinski definition) is 5. The third-order valence-corrected chi connectivity index (χ3v) is 4.37. The lowest BCUT2D eigenvalue weighted by molar-refractivity contribution is -0.141. The second-order valence-electron chi connectivity index (χ2n) is 5.13. The molecule has 3 aromatic rings. The molecule has 1 aromatic carbocycles. The predicted molar refractivity (Wildman–Crippen MR) is 88.1 cm³/mol. The number of anilines is 1. The van der Waals surface area contributed by atoms with E-state index in [1.54, 1.807) is 25.3 Å². The van der Waals surface area contributed by atoms with Gasteiger partial charge < -0.3 is 4.74 Å². The van der Waals surface area contributed by atoms with Gasteiger partial charge in [0.2, 0.25) is 0 Å². The number of benzene rings is 1. The van der Waals surface area contributed by atoms with Crippen LogP contribution in [0.3, 0.4) is 0 Å². The third kappa shape index (κ3) is 3.55. The molecule has 0 radical (unpaired) electrons. The van der Waals surface area contributed by atoms with Crippen LogP contribution in [0.25, 0.3) is 10.2 Å². The summed E-state index contributed by atoms with van der Waals surface area (Å²) in [4.78, 5) is 20.0. The molecular weight excluding hydrogens is 355 g/mol. The molecule has 5 nitrogen and oxygen atoms in total. The van der Waals surface area contributed by atoms with Gasteiger partial charge >= 0.3 is 6.18 Å². The van der Waals surface area contributed by atoms with E-state index in [1.165, 1.54) is 18.3 Å². The zero-order chi connectivity index (χ0) is 18.2. The Morgan fingerprint density at radius 3 is 2.60 bits per heavy atom. The number of aromatic nitrogens is 2. The Bertz CT molecular complexity index is 953. The van der Waals surface area contributed by atoms with Crippen LogP contribution in [-0.4, -0.2) is 23.0 Å². The average Bonchev–Trinajstić information content (AvgIpc) is 2.94. The van der Waals surface area contributed by atoms with Crippen LogP contribution in [0.2, 0.25) is 0 Å². The highest BCUT2D eigenvalue weighted by molar-refractivity contribution is 7.22. The van der Waals surface area contributed by atoms with Gasteiger partial charge in [-0.05, 0) is 37.3 Å². The fraction of sp³-hybridized carbons (Fsp3) is 0.188. The van der Waals surface area contributed by atoms with E-state index in [0.29, 0.717) is 16.4 Å². The zero-order valence-corrected chi connectivity index (χ0v) is 14.0. The van der Waals surface area contributed by atoms with Gasteiger partial charge in [-0.3, -0.25) is 10.1 Å². The maximum absolute atomic E-state index is 12.6. The monoisotopic (exact) mass is 367 g/mol. The molecule has 0 bridgehead atoms. The molecule has 0 saturated carbocycles. The number of halogens is 3. The van der Waals surface area contributed by atoms with Crippen LogP contribution < -0.4 is 10.1 Å². The van der Waals surface area contributed by atoms with Crippen LogP contribution >= 0.6 is 11.3 Å². The number of pyridine rings is 1. The Morgan fingerprint density at radius 2 is 1.96 bits per heavy atom. The van der Waals surface area contributed by atoms with Crippen LogP contribution in [0, 0.1) is 6.92 Å². The van der Waals surface area contributed by atoms with E-state index >= 15 is 0 Å². The first-order valence-electron chi connectivity index (χ1n) is 7.08. The van der Waals surface area contributed by atoms with Crippen molar-refractivity contribution in [1.82, 2.24) is 9.97 Å². The Morgan fingerprint density at radius 1 is 1.20 bits per heavy atom. The highest BCUT2D eigenvalue weighted by Gasteiger charge is 2.33. The quantitative estimate of drug-likeness (QED) is 0.751. The SMILES string of the molecule is COc1ccc2nc(NC(=O)c3ccc(C(F)(F)F)nc3C)sc2c1. The lowest BCUT2D eigenvalue weighted by Gasteiger charge is -2.09. The van der Waals surface area contributed by atoms with Crippen molar-refractivity contribution in [2.24, 2.45) is 0 Å². The summed E-state index contributed by atoms with van der Waals surface area (Å²) < 4.78 is 43.9. The molecule has 1 N–H and O–H groups in total. The number of carbonyl (C=O) groups is 1. The largest absolute Gasteiger partial charge is 0.497 e. The molecule has 0 atom stereocenters. The molecule has 0 aliphatic heterocycles. The molecule has 25 heavy (non-hydrogen) atoms. The van der Waals surface area contributed by atoms with Gasteiger partial charge in [-0.25, -0.2) is 9.97 Å². The first kappa shape index (κ1) is 17.2. The fourth-order valence-corrected chi connectivity index (χ4v) is 3.10. The topological polar surface area (TPSA) is 64.1 Å². The number of alkyl halides is 3. The molecule has 0 unspecified atom stereocenters. The molecule has 2 heterocycles. The fourth-order valence-electron chi connectivity index (χ4n) is 2.21. The van der Waals surface area contributed by atoms with Crippen molar-refractivity contribution in [1.29, 1.82) is 0 Å². The van der Waals surface area contributed by atoms with Crippen molar-refractivity contribution >= 4 is 32.6 Å². The Balaban J connectivity index is 1.85. The Hall–Kier alpha value is -2.68. The Kier molecular flexibility index (Phi) is 4.34. The number of ether oxygens (including phenoxy) is 1. The summed E-state index contributed by atoms with van der Waals surface area (Å²) in [5.74, 6) is 0.0987. The van der Waals surface area contributed by atoms with Gasteiger partial charge in [0.1, 0.15) is 11.4 Å². The van der Waals surface area contributed by atoms with Crippen LogP contribution in [0.5, 0.6) is 5.75 Å². The van der Waals surface area contributed by atoms with Crippen LogP contribution in [0.15, 0.2) is 30.3 Å². The van der Waals surface area contributed by atoms with Gasteiger partial charge in [0.25, 0.3) is 5.91 Å². The van der Waals surface area contributed by atoms with E-state index in [-0.39, 0.29) is 11.3 Å². The molecule has 0 aliphatic rings. The van der Waals surface area contributed by atoms with Crippen molar-refractivity contribution in [3.05, 3.63) is 47.3 Å². The second-order valence-corrected chi connectivity index (χ2v) is 6.16. The van der Waals surface area contributed by atoms with E-state index in [0.717, 1.165) is 16.8 Å². The first-order chi connectivity index (χ1) is 11.8. The minimum atomic E-state index is -4.55. The summed E-state index contributed by atoms with van der Waals surface area (Å²) >= 11 is 1.24. The molecule has 0 fully saturated rings. The summed E-state index contributed by atoms with van der Waals surface area (Å²) in [6.07, 6.45) is -4.55. The smallest absolute Gasteiger partial charge is 0.433 e. The number of amides is 1. The van der Waals surface area contributed by atoms with Gasteiger partial charge in [-0.2, -0.15) is 13.2 Å². The second kappa shape index (κ2) is 6.32. The molecule has 0 saturated heterocycles. The average molecular weight is 367 g/mol. The van der Waals surface area contributed by atoms with Crippen LogP contribution in [0.1, 0.15) is 21.7 Å². The molecule has 1 amide bonds. The minimum Gasteiger partial charge on any atom is -0.497 e. The maximum atomic E-state index is 12.6. The van der Waals surface area contributed by atoms with E-state index in [1.807, 2.05) is 0 Å². The maximum Gasteiger partial charge on any atom is 0.433 e. The molecule has 3 rings (SSSR count). The zero-order valence-electron chi connectivity index (χ0n) is 13.1. The number of rotatable bonds is 3. The van der Waals surface area contributed by atoms with Gasteiger partial charge in [-0.15, -0.1) is 0 Å². The molecule has 0 aliphatic carbocycles. The molecular formula is C16H12F3N3O2S. The van der Waals surface area contributed by atoms with Crippen molar-refractivity contribution in [3.63, 3.8) is 0 Å². The van der Waals surface area contributed by atoms with E-state index < -0.39 is 17.8 Å². The lowest BCUT2D eigenvalue weighted by Crippen LogP contribution is -2.16. The van der Waals surface area contributed by atoms with Crippen molar-refractivity contribution in [2.45, 2.75) is 13.1 Å². The normalized spacial score (nSPS) is 11.6. The van der Waals surface area contributed by atoms with Gasteiger partial charge in [-0.1, -0.05) is 11.3 Å². The van der Waals surface area contributed by atoms with Gasteiger partial charge in [0, 0.05) is 0 Å². The first-order valence-corrected chi connectivity index (χ1v) is 7.90. The predicted octanol–water partition coefficient (Wildman–Crippen LogP) is 4.28. The number of thiazole rings is 1. The van der Waals surface area contributed by atoms with E-state index in [2.05, 4.69) is 15.3 Å². The van der Waals surface area contributed by atoms with E-state index in [4.69, 9.17) is 4.74 Å². The number of methoxy groups -OCH3 is 1. The van der Waals surface area contributed by atoms with Crippen molar-refractivity contribution < 1.29 is 22.7 Å². The van der Waals surface area contributed by atoms with Gasteiger partial charge in [0.05, 0.1) is 28.6 Å². The summed E-state index contributed by atoms with van der Waals surface area (Å²) in [6, 6.07) is 7.18. The molecule has 9 heteroatoms. The summed E-state index contributed by atoms with van der Waals surface area (Å²) in [6.45, 7) is 1.35. The van der Waals surface area contributed by atoms with Crippen LogP contribution in [0.4, 0.5) is 18.3 Å². The number of hydrogen-bond donors (Lipinski definition) is 1. The lowest BCUT2D eigenvalue weighted by atomic mass is 10.1. The van der Waals surface area contributed by atoms with Crippen LogP contribution in [-0.2, 0) is 6.18 Å². The van der Waals surface area contributed by atoms with E-state index in [9.17, 15) is 18.0 Å². The summed E-state index contributed by atoms with van der Waals surface area (Å²) in [5, 5.41) is 2.93. The number of nitrogens with one attached hydrogen (secondary N) is 1. The summed E-state index contributed by atoms with van der Waals surface area (Å²) in [7, 11) is 1.55. The highest BCUT2D eigenvalue weighted by Crippen LogP contribution is 2.30. The minimum absolute atomic E-state index is 0.00453. The number of nitrogens with zero attached hydrogens (tertiary/aromatic N) is 2. The van der Waals surface area contributed by atoms with Gasteiger partial charge in [0.15, 0.2) is 5.13 Å². The van der Waals surface area contributed by atoms with Crippen molar-refractivity contribution in [2.75, 3.05) is 12.4 Å². The molecule has 2 aromatic heterocycles. The number of carbonyl (C=O) groups excluding carboxylic acids is 1. The van der Waals surface area contributed by atoms with Crippen molar-refractivity contribution in [3.8, 4) is 5.75 Å².